The third kappa shape index (κ3) is 2.19. The normalized spacial score (nSPS) is 11.3. The van der Waals surface area contributed by atoms with Crippen LogP contribution in [0.25, 0.3) is 16.6 Å². The van der Waals surface area contributed by atoms with E-state index in [9.17, 15) is 4.79 Å². The van der Waals surface area contributed by atoms with E-state index in [0.717, 1.165) is 29.7 Å². The van der Waals surface area contributed by atoms with Crippen LogP contribution in [0.3, 0.4) is 0 Å². The minimum absolute atomic E-state index is 0.0717. The Morgan fingerprint density at radius 1 is 0.955 bits per heavy atom. The van der Waals surface area contributed by atoms with Gasteiger partial charge in [0.05, 0.1) is 16.6 Å². The molecule has 4 heteroatoms. The maximum Gasteiger partial charge on any atom is 0.259 e. The van der Waals surface area contributed by atoms with Crippen LogP contribution in [0, 0.1) is 0 Å². The maximum absolute atomic E-state index is 12.1. The van der Waals surface area contributed by atoms with Gasteiger partial charge in [-0.25, -0.2) is 4.52 Å². The Hall–Kier alpha value is -2.88. The molecule has 0 saturated carbocycles. The molecule has 0 aliphatic carbocycles. The van der Waals surface area contributed by atoms with Crippen molar-refractivity contribution in [2.45, 2.75) is 12.8 Å². The Labute approximate surface area is 127 Å². The van der Waals surface area contributed by atoms with Gasteiger partial charge in [-0.1, -0.05) is 42.5 Å². The summed E-state index contributed by atoms with van der Waals surface area (Å²) >= 11 is 0. The highest BCUT2D eigenvalue weighted by Crippen LogP contribution is 2.13. The molecule has 0 atom stereocenters. The number of nitrogens with zero attached hydrogens (tertiary/aromatic N) is 2. The molecule has 2 aromatic carbocycles. The Balaban J connectivity index is 1.74. The number of hydrogen-bond donors (Lipinski definition) is 1. The lowest BCUT2D eigenvalue weighted by atomic mass is 10.1. The highest BCUT2D eigenvalue weighted by molar-refractivity contribution is 5.79. The average molecular weight is 289 g/mol. The van der Waals surface area contributed by atoms with Gasteiger partial charge in [0.2, 0.25) is 0 Å². The lowest BCUT2D eigenvalue weighted by molar-refractivity contribution is 0.864. The fourth-order valence-electron chi connectivity index (χ4n) is 2.78. The quantitative estimate of drug-likeness (QED) is 0.630. The molecule has 0 radical (unpaired) electrons. The zero-order valence-electron chi connectivity index (χ0n) is 12.0. The first-order valence-electron chi connectivity index (χ1n) is 7.35. The summed E-state index contributed by atoms with van der Waals surface area (Å²) in [6, 6.07) is 19.8. The first kappa shape index (κ1) is 12.8. The molecule has 4 nitrogen and oxygen atoms in total. The van der Waals surface area contributed by atoms with Gasteiger partial charge in [-0.05, 0) is 30.5 Å². The van der Waals surface area contributed by atoms with E-state index < -0.39 is 0 Å². The molecule has 1 N–H and O–H groups in total. The van der Waals surface area contributed by atoms with Gasteiger partial charge in [0, 0.05) is 6.07 Å². The number of aryl methyl sites for hydroxylation is 2. The van der Waals surface area contributed by atoms with E-state index in [4.69, 9.17) is 0 Å². The molecule has 0 saturated heterocycles. The predicted octanol–water partition coefficient (Wildman–Crippen LogP) is 2.96. The molecule has 2 aromatic heterocycles. The monoisotopic (exact) mass is 289 g/mol. The molecule has 108 valence electrons. The second kappa shape index (κ2) is 5.15. The largest absolute Gasteiger partial charge is 0.306 e. The van der Waals surface area contributed by atoms with E-state index in [1.54, 1.807) is 0 Å². The average Bonchev–Trinajstić information content (AvgIpc) is 2.97. The van der Waals surface area contributed by atoms with Crippen molar-refractivity contribution in [3.05, 3.63) is 82.3 Å². The summed E-state index contributed by atoms with van der Waals surface area (Å²) in [5, 5.41) is 5.30. The summed E-state index contributed by atoms with van der Waals surface area (Å²) in [5.41, 5.74) is 3.78. The van der Waals surface area contributed by atoms with Gasteiger partial charge < -0.3 is 4.98 Å². The highest BCUT2D eigenvalue weighted by Gasteiger charge is 2.08. The van der Waals surface area contributed by atoms with Crippen LogP contribution >= 0.6 is 0 Å². The van der Waals surface area contributed by atoms with Crippen molar-refractivity contribution in [2.24, 2.45) is 0 Å². The standard InChI is InChI=1S/C18H15N3O/c22-18-15-8-4-5-9-16(15)21-17(19-18)12-14(20-21)11-10-13-6-2-1-3-7-13/h1-9,12H,10-11H2,(H,19,22). The Morgan fingerprint density at radius 3 is 2.59 bits per heavy atom. The number of rotatable bonds is 3. The lowest BCUT2D eigenvalue weighted by Crippen LogP contribution is -2.09. The molecule has 2 heterocycles. The summed E-state index contributed by atoms with van der Waals surface area (Å²) in [4.78, 5) is 15.0. The first-order valence-corrected chi connectivity index (χ1v) is 7.35. The molecule has 0 amide bonds. The van der Waals surface area contributed by atoms with Crippen LogP contribution in [0.1, 0.15) is 11.3 Å². The number of aromatic nitrogens is 3. The van der Waals surface area contributed by atoms with Crippen molar-refractivity contribution in [3.63, 3.8) is 0 Å². The summed E-state index contributed by atoms with van der Waals surface area (Å²) in [5.74, 6) is 0. The minimum atomic E-state index is -0.0717. The van der Waals surface area contributed by atoms with Gasteiger partial charge in [0.15, 0.2) is 0 Å². The second-order valence-corrected chi connectivity index (χ2v) is 5.39. The number of benzene rings is 2. The van der Waals surface area contributed by atoms with E-state index in [0.29, 0.717) is 5.39 Å². The van der Waals surface area contributed by atoms with Gasteiger partial charge >= 0.3 is 0 Å². The number of para-hydroxylation sites is 1. The zero-order valence-corrected chi connectivity index (χ0v) is 12.0. The minimum Gasteiger partial charge on any atom is -0.306 e. The fourth-order valence-corrected chi connectivity index (χ4v) is 2.78. The van der Waals surface area contributed by atoms with Crippen molar-refractivity contribution >= 4 is 16.6 Å². The van der Waals surface area contributed by atoms with Crippen LogP contribution in [-0.2, 0) is 12.8 Å². The van der Waals surface area contributed by atoms with Crippen LogP contribution in [0.4, 0.5) is 0 Å². The zero-order chi connectivity index (χ0) is 14.9. The van der Waals surface area contributed by atoms with E-state index in [-0.39, 0.29) is 5.56 Å². The number of nitrogens with one attached hydrogen (secondary N) is 1. The van der Waals surface area contributed by atoms with Gasteiger partial charge in [-0.2, -0.15) is 5.10 Å². The molecule has 0 spiro atoms. The molecular weight excluding hydrogens is 274 g/mol. The molecule has 0 fully saturated rings. The lowest BCUT2D eigenvalue weighted by Gasteiger charge is -2.00. The van der Waals surface area contributed by atoms with Crippen molar-refractivity contribution < 1.29 is 0 Å². The molecule has 0 bridgehead atoms. The topological polar surface area (TPSA) is 50.2 Å². The van der Waals surface area contributed by atoms with Crippen molar-refractivity contribution in [1.29, 1.82) is 0 Å². The molecule has 4 rings (SSSR count). The number of aromatic amines is 1. The number of H-pyrrole nitrogens is 1. The molecular formula is C18H15N3O. The van der Waals surface area contributed by atoms with E-state index in [1.165, 1.54) is 5.56 Å². The summed E-state index contributed by atoms with van der Waals surface area (Å²) in [6.45, 7) is 0. The summed E-state index contributed by atoms with van der Waals surface area (Å²) in [7, 11) is 0. The van der Waals surface area contributed by atoms with Gasteiger partial charge in [-0.3, -0.25) is 4.79 Å². The van der Waals surface area contributed by atoms with Gasteiger partial charge in [0.1, 0.15) is 5.65 Å². The maximum atomic E-state index is 12.1. The van der Waals surface area contributed by atoms with Gasteiger partial charge in [-0.15, -0.1) is 0 Å². The van der Waals surface area contributed by atoms with E-state index in [1.807, 2.05) is 53.0 Å². The Kier molecular flexibility index (Phi) is 3.00. The predicted molar refractivity (Wildman–Crippen MR) is 87.2 cm³/mol. The summed E-state index contributed by atoms with van der Waals surface area (Å²) in [6.07, 6.45) is 1.79. The van der Waals surface area contributed by atoms with Crippen molar-refractivity contribution in [2.75, 3.05) is 0 Å². The Morgan fingerprint density at radius 2 is 1.73 bits per heavy atom. The van der Waals surface area contributed by atoms with Crippen molar-refractivity contribution in [1.82, 2.24) is 14.6 Å². The SMILES string of the molecule is O=c1[nH]c2cc(CCc3ccccc3)nn2c2ccccc12. The van der Waals surface area contributed by atoms with Crippen LogP contribution in [0.5, 0.6) is 0 Å². The first-order chi connectivity index (χ1) is 10.8. The smallest absolute Gasteiger partial charge is 0.259 e. The highest BCUT2D eigenvalue weighted by atomic mass is 16.1. The van der Waals surface area contributed by atoms with Crippen LogP contribution in [0.15, 0.2) is 65.5 Å². The van der Waals surface area contributed by atoms with E-state index in [2.05, 4.69) is 22.2 Å². The number of hydrogen-bond acceptors (Lipinski definition) is 2. The molecule has 0 aliphatic heterocycles. The summed E-state index contributed by atoms with van der Waals surface area (Å²) < 4.78 is 1.82. The third-order valence-electron chi connectivity index (χ3n) is 3.89. The molecule has 4 aromatic rings. The van der Waals surface area contributed by atoms with Crippen LogP contribution < -0.4 is 5.56 Å². The van der Waals surface area contributed by atoms with Crippen molar-refractivity contribution in [3.8, 4) is 0 Å². The van der Waals surface area contributed by atoms with E-state index >= 15 is 0 Å². The third-order valence-corrected chi connectivity index (χ3v) is 3.89. The van der Waals surface area contributed by atoms with Crippen LogP contribution in [0.2, 0.25) is 0 Å². The number of fused-ring (bicyclic) bond motifs is 3. The van der Waals surface area contributed by atoms with Gasteiger partial charge in [0.25, 0.3) is 5.56 Å². The Bertz CT molecular complexity index is 999. The molecule has 0 aliphatic rings. The molecule has 0 unspecified atom stereocenters. The fraction of sp³-hybridized carbons (Fsp3) is 0.111. The molecule has 22 heavy (non-hydrogen) atoms. The second-order valence-electron chi connectivity index (χ2n) is 5.39. The van der Waals surface area contributed by atoms with Crippen LogP contribution in [-0.4, -0.2) is 14.6 Å².